The first-order valence-electron chi connectivity index (χ1n) is 6.70. The van der Waals surface area contributed by atoms with Gasteiger partial charge in [-0.05, 0) is 12.8 Å². The quantitative estimate of drug-likeness (QED) is 0.608. The first kappa shape index (κ1) is 15.0. The Bertz CT molecular complexity index is 297. The van der Waals surface area contributed by atoms with Crippen molar-refractivity contribution >= 4 is 11.8 Å². The molecule has 0 atom stereocenters. The van der Waals surface area contributed by atoms with E-state index in [1.54, 1.807) is 0 Å². The lowest BCUT2D eigenvalue weighted by Crippen LogP contribution is -2.39. The Morgan fingerprint density at radius 2 is 1.72 bits per heavy atom. The smallest absolute Gasteiger partial charge is 0.222 e. The Balaban J connectivity index is 2.12. The van der Waals surface area contributed by atoms with E-state index >= 15 is 0 Å². The van der Waals surface area contributed by atoms with Crippen molar-refractivity contribution in [2.45, 2.75) is 51.6 Å². The van der Waals surface area contributed by atoms with Crippen LogP contribution in [0.3, 0.4) is 0 Å². The number of carbonyl (C=O) groups is 2. The largest absolute Gasteiger partial charge is 0.389 e. The Labute approximate surface area is 108 Å². The Hall–Kier alpha value is -1.10. The molecule has 0 bridgehead atoms. The van der Waals surface area contributed by atoms with E-state index < -0.39 is 5.60 Å². The van der Waals surface area contributed by atoms with Gasteiger partial charge in [-0.3, -0.25) is 9.59 Å². The zero-order valence-electron chi connectivity index (χ0n) is 11.3. The fraction of sp³-hybridized carbons (Fsp3) is 0.846. The van der Waals surface area contributed by atoms with E-state index in [1.807, 2.05) is 13.8 Å². The normalized spacial score (nSPS) is 17.8. The predicted molar refractivity (Wildman–Crippen MR) is 68.9 cm³/mol. The minimum Gasteiger partial charge on any atom is -0.389 e. The number of hydrogen-bond acceptors (Lipinski definition) is 3. The van der Waals surface area contributed by atoms with Gasteiger partial charge in [-0.2, -0.15) is 0 Å². The number of carbonyl (C=O) groups excluding carboxylic acids is 2. The number of hydrogen-bond donors (Lipinski definition) is 3. The van der Waals surface area contributed by atoms with Crippen LogP contribution >= 0.6 is 0 Å². The van der Waals surface area contributed by atoms with E-state index in [0.717, 1.165) is 12.8 Å². The van der Waals surface area contributed by atoms with Crippen molar-refractivity contribution in [3.8, 4) is 0 Å². The highest BCUT2D eigenvalue weighted by atomic mass is 16.3. The van der Waals surface area contributed by atoms with E-state index in [4.69, 9.17) is 0 Å². The van der Waals surface area contributed by atoms with E-state index in [-0.39, 0.29) is 24.2 Å². The molecule has 0 aromatic carbocycles. The molecule has 1 saturated carbocycles. The highest BCUT2D eigenvalue weighted by Crippen LogP contribution is 2.31. The van der Waals surface area contributed by atoms with Gasteiger partial charge in [0.2, 0.25) is 11.8 Å². The minimum absolute atomic E-state index is 0.0151. The summed E-state index contributed by atoms with van der Waals surface area (Å²) in [5.74, 6) is -0.197. The second-order valence-electron chi connectivity index (χ2n) is 5.40. The molecule has 0 aromatic heterocycles. The van der Waals surface area contributed by atoms with Gasteiger partial charge >= 0.3 is 0 Å². The summed E-state index contributed by atoms with van der Waals surface area (Å²) in [5, 5.41) is 15.5. The molecule has 18 heavy (non-hydrogen) atoms. The standard InChI is InChI=1S/C13H24N2O3/c1-10(2)12(17)15-8-7-14-11(16)9-13(18)5-3-4-6-13/h10,18H,3-9H2,1-2H3,(H,14,16)(H,15,17). The maximum Gasteiger partial charge on any atom is 0.222 e. The molecule has 0 aliphatic heterocycles. The van der Waals surface area contributed by atoms with Crippen LogP contribution in [0, 0.1) is 5.92 Å². The predicted octanol–water partition coefficient (Wildman–Crippen LogP) is 0.570. The number of aliphatic hydroxyl groups is 1. The lowest BCUT2D eigenvalue weighted by atomic mass is 9.98. The van der Waals surface area contributed by atoms with Crippen molar-refractivity contribution in [2.75, 3.05) is 13.1 Å². The second kappa shape index (κ2) is 6.73. The van der Waals surface area contributed by atoms with Crippen LogP contribution in [0.5, 0.6) is 0 Å². The lowest BCUT2D eigenvalue weighted by molar-refractivity contribution is -0.127. The van der Waals surface area contributed by atoms with Crippen LogP contribution in [0.1, 0.15) is 46.0 Å². The van der Waals surface area contributed by atoms with Crippen LogP contribution in [0.15, 0.2) is 0 Å². The minimum atomic E-state index is -0.800. The summed E-state index contributed by atoms with van der Waals surface area (Å²) in [7, 11) is 0. The van der Waals surface area contributed by atoms with E-state index in [0.29, 0.717) is 25.9 Å². The van der Waals surface area contributed by atoms with Crippen LogP contribution < -0.4 is 10.6 Å². The molecule has 0 heterocycles. The summed E-state index contributed by atoms with van der Waals surface area (Å²) in [5.41, 5.74) is -0.800. The van der Waals surface area contributed by atoms with Gasteiger partial charge in [0, 0.05) is 19.0 Å². The summed E-state index contributed by atoms with van der Waals surface area (Å²) in [6, 6.07) is 0. The van der Waals surface area contributed by atoms with Gasteiger partial charge in [0.1, 0.15) is 0 Å². The highest BCUT2D eigenvalue weighted by Gasteiger charge is 2.33. The molecule has 5 heteroatoms. The van der Waals surface area contributed by atoms with Gasteiger partial charge in [0.15, 0.2) is 0 Å². The molecule has 0 radical (unpaired) electrons. The molecule has 0 saturated heterocycles. The fourth-order valence-corrected chi connectivity index (χ4v) is 2.16. The Kier molecular flexibility index (Phi) is 5.59. The third-order valence-corrected chi connectivity index (χ3v) is 3.29. The summed E-state index contributed by atoms with van der Waals surface area (Å²) in [6.07, 6.45) is 3.59. The molecular formula is C13H24N2O3. The zero-order valence-corrected chi connectivity index (χ0v) is 11.3. The van der Waals surface area contributed by atoms with Crippen molar-refractivity contribution in [3.63, 3.8) is 0 Å². The molecule has 104 valence electrons. The first-order chi connectivity index (χ1) is 8.43. The molecule has 5 nitrogen and oxygen atoms in total. The molecule has 0 unspecified atom stereocenters. The van der Waals surface area contributed by atoms with Crippen molar-refractivity contribution in [1.82, 2.24) is 10.6 Å². The molecular weight excluding hydrogens is 232 g/mol. The molecule has 1 aliphatic rings. The van der Waals surface area contributed by atoms with E-state index in [9.17, 15) is 14.7 Å². The van der Waals surface area contributed by atoms with Crippen LogP contribution in [0.25, 0.3) is 0 Å². The van der Waals surface area contributed by atoms with Gasteiger partial charge < -0.3 is 15.7 Å². The van der Waals surface area contributed by atoms with Gasteiger partial charge in [-0.15, -0.1) is 0 Å². The maximum atomic E-state index is 11.6. The Morgan fingerprint density at radius 3 is 2.28 bits per heavy atom. The number of nitrogens with one attached hydrogen (secondary N) is 2. The molecule has 0 aromatic rings. The van der Waals surface area contributed by atoms with E-state index in [2.05, 4.69) is 10.6 Å². The second-order valence-corrected chi connectivity index (χ2v) is 5.40. The number of amides is 2. The monoisotopic (exact) mass is 256 g/mol. The molecule has 0 spiro atoms. The van der Waals surface area contributed by atoms with Crippen molar-refractivity contribution < 1.29 is 14.7 Å². The topological polar surface area (TPSA) is 78.4 Å². The van der Waals surface area contributed by atoms with Crippen LogP contribution in [-0.4, -0.2) is 35.6 Å². The third-order valence-electron chi connectivity index (χ3n) is 3.29. The Morgan fingerprint density at radius 1 is 1.17 bits per heavy atom. The van der Waals surface area contributed by atoms with Gasteiger partial charge in [0.25, 0.3) is 0 Å². The molecule has 1 fully saturated rings. The van der Waals surface area contributed by atoms with E-state index in [1.165, 1.54) is 0 Å². The summed E-state index contributed by atoms with van der Waals surface area (Å²) in [4.78, 5) is 22.9. The highest BCUT2D eigenvalue weighted by molar-refractivity contribution is 5.78. The zero-order chi connectivity index (χ0) is 13.6. The number of rotatable bonds is 6. The average Bonchev–Trinajstić information content (AvgIpc) is 2.70. The summed E-state index contributed by atoms with van der Waals surface area (Å²) >= 11 is 0. The summed E-state index contributed by atoms with van der Waals surface area (Å²) in [6.45, 7) is 4.49. The van der Waals surface area contributed by atoms with Crippen molar-refractivity contribution in [2.24, 2.45) is 5.92 Å². The molecule has 3 N–H and O–H groups in total. The van der Waals surface area contributed by atoms with Crippen LogP contribution in [0.4, 0.5) is 0 Å². The fourth-order valence-electron chi connectivity index (χ4n) is 2.16. The maximum absolute atomic E-state index is 11.6. The third kappa shape index (κ3) is 5.04. The van der Waals surface area contributed by atoms with Crippen LogP contribution in [0.2, 0.25) is 0 Å². The van der Waals surface area contributed by atoms with Crippen molar-refractivity contribution in [1.29, 1.82) is 0 Å². The van der Waals surface area contributed by atoms with Gasteiger partial charge in [-0.25, -0.2) is 0 Å². The van der Waals surface area contributed by atoms with Gasteiger partial charge in [-0.1, -0.05) is 26.7 Å². The SMILES string of the molecule is CC(C)C(=O)NCCNC(=O)CC1(O)CCCC1. The lowest BCUT2D eigenvalue weighted by Gasteiger charge is -2.21. The molecule has 1 aliphatic carbocycles. The van der Waals surface area contributed by atoms with Crippen LogP contribution in [-0.2, 0) is 9.59 Å². The van der Waals surface area contributed by atoms with Gasteiger partial charge in [0.05, 0.1) is 12.0 Å². The average molecular weight is 256 g/mol. The first-order valence-corrected chi connectivity index (χ1v) is 6.70. The molecule has 1 rings (SSSR count). The molecule has 2 amide bonds. The summed E-state index contributed by atoms with van der Waals surface area (Å²) < 4.78 is 0. The van der Waals surface area contributed by atoms with Crippen molar-refractivity contribution in [3.05, 3.63) is 0 Å².